The van der Waals surface area contributed by atoms with Crippen LogP contribution in [0.3, 0.4) is 0 Å². The third-order valence-electron chi connectivity index (χ3n) is 3.89. The molecule has 1 aromatic carbocycles. The number of fused-ring (bicyclic) bond motifs is 1. The van der Waals surface area contributed by atoms with Crippen LogP contribution >= 0.6 is 0 Å². The van der Waals surface area contributed by atoms with E-state index in [4.69, 9.17) is 0 Å². The van der Waals surface area contributed by atoms with Crippen molar-refractivity contribution < 1.29 is 4.79 Å². The van der Waals surface area contributed by atoms with Crippen molar-refractivity contribution in [1.29, 1.82) is 0 Å². The topological polar surface area (TPSA) is 58.1 Å². The fourth-order valence-corrected chi connectivity index (χ4v) is 2.84. The number of amides is 1. The van der Waals surface area contributed by atoms with Gasteiger partial charge in [0.15, 0.2) is 0 Å². The van der Waals surface area contributed by atoms with E-state index in [2.05, 4.69) is 4.98 Å². The highest BCUT2D eigenvalue weighted by Gasteiger charge is 2.22. The zero-order chi connectivity index (χ0) is 13.4. The van der Waals surface area contributed by atoms with Gasteiger partial charge < -0.3 is 9.88 Å². The van der Waals surface area contributed by atoms with Crippen LogP contribution in [0.25, 0.3) is 11.0 Å². The summed E-state index contributed by atoms with van der Waals surface area (Å²) in [4.78, 5) is 27.5. The number of aromatic amines is 1. The van der Waals surface area contributed by atoms with Crippen molar-refractivity contribution in [2.75, 3.05) is 13.1 Å². The summed E-state index contributed by atoms with van der Waals surface area (Å²) in [6.45, 7) is 3.47. The first-order valence-corrected chi connectivity index (χ1v) is 6.59. The molecule has 0 atom stereocenters. The number of aromatic nitrogens is 2. The Labute approximate surface area is 110 Å². The Bertz CT molecular complexity index is 663. The number of carbonyl (C=O) groups is 1. The number of imidazole rings is 1. The van der Waals surface area contributed by atoms with E-state index < -0.39 is 0 Å². The van der Waals surface area contributed by atoms with Gasteiger partial charge in [0, 0.05) is 19.1 Å². The molecule has 1 aliphatic heterocycles. The van der Waals surface area contributed by atoms with Gasteiger partial charge in [-0.15, -0.1) is 0 Å². The van der Waals surface area contributed by atoms with Gasteiger partial charge >= 0.3 is 5.69 Å². The second kappa shape index (κ2) is 4.57. The molecular weight excluding hydrogens is 242 g/mol. The standard InChI is InChI=1S/C14H17N3O2/c1-10-2-3-12-13(8-10)17(14(19)15-12)11-4-6-16(9-18)7-5-11/h2-3,8-9,11H,4-7H2,1H3,(H,15,19). The van der Waals surface area contributed by atoms with E-state index in [0.29, 0.717) is 0 Å². The average Bonchev–Trinajstić information content (AvgIpc) is 2.74. The minimum absolute atomic E-state index is 0.0508. The van der Waals surface area contributed by atoms with Gasteiger partial charge in [0.25, 0.3) is 0 Å². The zero-order valence-corrected chi connectivity index (χ0v) is 10.9. The molecule has 1 aromatic heterocycles. The molecule has 0 unspecified atom stereocenters. The molecule has 1 saturated heterocycles. The highest BCUT2D eigenvalue weighted by atomic mass is 16.1. The monoisotopic (exact) mass is 259 g/mol. The highest BCUT2D eigenvalue weighted by molar-refractivity contribution is 5.76. The molecule has 1 aliphatic rings. The lowest BCUT2D eigenvalue weighted by atomic mass is 10.0. The van der Waals surface area contributed by atoms with Gasteiger partial charge in [0.1, 0.15) is 0 Å². The fourth-order valence-electron chi connectivity index (χ4n) is 2.84. The van der Waals surface area contributed by atoms with Crippen LogP contribution in [0.5, 0.6) is 0 Å². The maximum atomic E-state index is 12.1. The van der Waals surface area contributed by atoms with Gasteiger partial charge in [-0.1, -0.05) is 6.07 Å². The molecule has 1 fully saturated rings. The number of H-pyrrole nitrogens is 1. The number of carbonyl (C=O) groups excluding carboxylic acids is 1. The lowest BCUT2D eigenvalue weighted by Crippen LogP contribution is -2.36. The van der Waals surface area contributed by atoms with Gasteiger partial charge in [-0.25, -0.2) is 4.79 Å². The number of hydrogen-bond acceptors (Lipinski definition) is 2. The first-order valence-electron chi connectivity index (χ1n) is 6.59. The van der Waals surface area contributed by atoms with Crippen LogP contribution in [-0.2, 0) is 4.79 Å². The average molecular weight is 259 g/mol. The van der Waals surface area contributed by atoms with Crippen molar-refractivity contribution in [1.82, 2.24) is 14.5 Å². The molecule has 2 heterocycles. The number of rotatable bonds is 2. The molecule has 100 valence electrons. The van der Waals surface area contributed by atoms with Crippen LogP contribution in [0, 0.1) is 6.92 Å². The van der Waals surface area contributed by atoms with Gasteiger partial charge in [-0.2, -0.15) is 0 Å². The molecule has 5 nitrogen and oxygen atoms in total. The Morgan fingerprint density at radius 2 is 2.05 bits per heavy atom. The van der Waals surface area contributed by atoms with Crippen LogP contribution in [-0.4, -0.2) is 34.0 Å². The normalized spacial score (nSPS) is 17.0. The third-order valence-corrected chi connectivity index (χ3v) is 3.89. The summed E-state index contributed by atoms with van der Waals surface area (Å²) in [6.07, 6.45) is 2.55. The van der Waals surface area contributed by atoms with Crippen LogP contribution in [0.15, 0.2) is 23.0 Å². The number of benzene rings is 1. The molecule has 1 amide bonds. The SMILES string of the molecule is Cc1ccc2[nH]c(=O)n(C3CCN(C=O)CC3)c2c1. The molecule has 0 bridgehead atoms. The molecule has 3 rings (SSSR count). The highest BCUT2D eigenvalue weighted by Crippen LogP contribution is 2.24. The molecule has 1 N–H and O–H groups in total. The summed E-state index contributed by atoms with van der Waals surface area (Å²) in [5, 5.41) is 0. The first-order chi connectivity index (χ1) is 9.19. The summed E-state index contributed by atoms with van der Waals surface area (Å²) in [6, 6.07) is 6.17. The number of nitrogens with one attached hydrogen (secondary N) is 1. The van der Waals surface area contributed by atoms with Gasteiger partial charge in [0.2, 0.25) is 6.41 Å². The van der Waals surface area contributed by atoms with E-state index in [1.807, 2.05) is 29.7 Å². The third kappa shape index (κ3) is 2.05. The van der Waals surface area contributed by atoms with Gasteiger partial charge in [-0.3, -0.25) is 9.36 Å². The van der Waals surface area contributed by atoms with Gasteiger partial charge in [0.05, 0.1) is 11.0 Å². The number of aryl methyl sites for hydroxylation is 1. The van der Waals surface area contributed by atoms with Crippen molar-refractivity contribution in [3.05, 3.63) is 34.2 Å². The number of likely N-dealkylation sites (tertiary alicyclic amines) is 1. The smallest absolute Gasteiger partial charge is 0.326 e. The lowest BCUT2D eigenvalue weighted by Gasteiger charge is -2.29. The van der Waals surface area contributed by atoms with Crippen molar-refractivity contribution in [3.8, 4) is 0 Å². The minimum atomic E-state index is -0.0508. The van der Waals surface area contributed by atoms with Crippen molar-refractivity contribution in [2.24, 2.45) is 0 Å². The Balaban J connectivity index is 2.01. The summed E-state index contributed by atoms with van der Waals surface area (Å²) >= 11 is 0. The molecule has 0 radical (unpaired) electrons. The van der Waals surface area contributed by atoms with E-state index in [1.165, 1.54) is 0 Å². The van der Waals surface area contributed by atoms with E-state index in [-0.39, 0.29) is 11.7 Å². The molecule has 19 heavy (non-hydrogen) atoms. The summed E-state index contributed by atoms with van der Waals surface area (Å²) in [5.74, 6) is 0. The summed E-state index contributed by atoms with van der Waals surface area (Å²) in [7, 11) is 0. The van der Waals surface area contributed by atoms with Crippen molar-refractivity contribution in [2.45, 2.75) is 25.8 Å². The molecule has 0 spiro atoms. The second-order valence-corrected chi connectivity index (χ2v) is 5.19. The largest absolute Gasteiger partial charge is 0.345 e. The predicted octanol–water partition coefficient (Wildman–Crippen LogP) is 1.43. The Hall–Kier alpha value is -2.04. The van der Waals surface area contributed by atoms with E-state index in [1.54, 1.807) is 4.90 Å². The summed E-state index contributed by atoms with van der Waals surface area (Å²) in [5.41, 5.74) is 2.94. The maximum absolute atomic E-state index is 12.1. The molecule has 2 aromatic rings. The van der Waals surface area contributed by atoms with Crippen molar-refractivity contribution in [3.63, 3.8) is 0 Å². The Morgan fingerprint density at radius 1 is 1.32 bits per heavy atom. The van der Waals surface area contributed by atoms with Crippen LogP contribution in [0.2, 0.25) is 0 Å². The zero-order valence-electron chi connectivity index (χ0n) is 10.9. The van der Waals surface area contributed by atoms with Gasteiger partial charge in [-0.05, 0) is 37.5 Å². The number of hydrogen-bond donors (Lipinski definition) is 1. The number of piperidine rings is 1. The minimum Gasteiger partial charge on any atom is -0.345 e. The Kier molecular flexibility index (Phi) is 2.89. The van der Waals surface area contributed by atoms with Crippen LogP contribution in [0.1, 0.15) is 24.4 Å². The van der Waals surface area contributed by atoms with E-state index in [9.17, 15) is 9.59 Å². The predicted molar refractivity (Wildman–Crippen MR) is 73.2 cm³/mol. The Morgan fingerprint density at radius 3 is 2.74 bits per heavy atom. The fraction of sp³-hybridized carbons (Fsp3) is 0.429. The first kappa shape index (κ1) is 12.0. The van der Waals surface area contributed by atoms with E-state index >= 15 is 0 Å². The maximum Gasteiger partial charge on any atom is 0.326 e. The second-order valence-electron chi connectivity index (χ2n) is 5.19. The lowest BCUT2D eigenvalue weighted by molar-refractivity contribution is -0.119. The molecule has 0 saturated carbocycles. The van der Waals surface area contributed by atoms with E-state index in [0.717, 1.165) is 48.9 Å². The van der Waals surface area contributed by atoms with Crippen LogP contribution in [0.4, 0.5) is 0 Å². The molecular formula is C14H17N3O2. The van der Waals surface area contributed by atoms with Crippen LogP contribution < -0.4 is 5.69 Å². The summed E-state index contributed by atoms with van der Waals surface area (Å²) < 4.78 is 1.85. The quantitative estimate of drug-likeness (QED) is 0.829. The van der Waals surface area contributed by atoms with Crippen molar-refractivity contribution >= 4 is 17.4 Å². The molecule has 5 heteroatoms. The number of nitrogens with zero attached hydrogens (tertiary/aromatic N) is 2. The molecule has 0 aliphatic carbocycles.